The van der Waals surface area contributed by atoms with Gasteiger partial charge >= 0.3 is 0 Å². The standard InChI is InChI=1S/C90H121BrO18/c1-6-73-11-13-74(14-12-73)19-22-77-25-29-81-82-30-26-78(70-86(82)89(85(81)69-77,33-7-37-96-45-41-92-2)34-8-38-97-46-42-93-3)23-20-75-15-17-76(18-16-75)21-24-79-27-31-83-84-32-28-80(91)72-88(84)90(87(83)71-79,35-9-39-98-47-43-94-4)36-10-40-99-49-50-101-53-54-103-57-58-105-61-62-107-65-66-109-68-67-108-64-63-106-60-59-104-56-55-102-52-51-100-48-44-95-5/h6,11-32,69-72H,1,7-10,33-68H2,2-5H3/b22-19+,23-20+,24-21+. The molecule has 0 fully saturated rings. The average molecular weight is 1570 g/mol. The van der Waals surface area contributed by atoms with E-state index in [4.69, 9.17) is 85.3 Å². The highest BCUT2D eigenvalue weighted by Gasteiger charge is 2.44. The maximum absolute atomic E-state index is 6.23. The predicted octanol–water partition coefficient (Wildman–Crippen LogP) is 16.1. The third kappa shape index (κ3) is 31.2. The highest BCUT2D eigenvalue weighted by atomic mass is 79.9. The Bertz CT molecular complexity index is 3530. The highest BCUT2D eigenvalue weighted by Crippen LogP contribution is 2.56. The van der Waals surface area contributed by atoms with Gasteiger partial charge in [0.1, 0.15) is 0 Å². The van der Waals surface area contributed by atoms with E-state index in [1.165, 1.54) is 50.1 Å². The van der Waals surface area contributed by atoms with Crippen LogP contribution < -0.4 is 0 Å². The molecule has 2 aliphatic rings. The van der Waals surface area contributed by atoms with Crippen molar-refractivity contribution >= 4 is 58.5 Å². The lowest BCUT2D eigenvalue weighted by Gasteiger charge is -2.33. The zero-order valence-electron chi connectivity index (χ0n) is 65.3. The molecule has 0 saturated heterocycles. The van der Waals surface area contributed by atoms with Crippen LogP contribution in [-0.2, 0) is 96.1 Å². The number of hydrogen-bond donors (Lipinski definition) is 0. The zero-order valence-corrected chi connectivity index (χ0v) is 66.9. The minimum atomic E-state index is -0.249. The SMILES string of the molecule is C=Cc1ccc(/C=C/c2ccc3c(c2)C(CCCOCCOC)(CCCOCCOC)c2cc(/C=C/c4ccc(/C=C/c5ccc6c(c5)C(CCCOCCOC)(CCCOCCOCCOCCOCCOCCOCCOCCOCCOCCOCCOCCOC)c5cc(Br)ccc5-6)cc4)ccc2-3)cc1. The summed E-state index contributed by atoms with van der Waals surface area (Å²) in [5.74, 6) is 0. The summed E-state index contributed by atoms with van der Waals surface area (Å²) in [5, 5.41) is 0. The second-order valence-electron chi connectivity index (χ2n) is 26.8. The molecule has 0 aliphatic heterocycles. The molecule has 1 unspecified atom stereocenters. The molecule has 0 radical (unpaired) electrons. The summed E-state index contributed by atoms with van der Waals surface area (Å²) in [7, 11) is 6.79. The van der Waals surface area contributed by atoms with Gasteiger partial charge in [0.15, 0.2) is 0 Å². The summed E-state index contributed by atoms with van der Waals surface area (Å²) in [5.41, 5.74) is 18.1. The van der Waals surface area contributed by atoms with Crippen LogP contribution >= 0.6 is 15.9 Å². The van der Waals surface area contributed by atoms with Gasteiger partial charge in [-0.2, -0.15) is 0 Å². The van der Waals surface area contributed by atoms with Gasteiger partial charge in [-0.1, -0.05) is 174 Å². The van der Waals surface area contributed by atoms with Crippen LogP contribution in [0.3, 0.4) is 0 Å². The van der Waals surface area contributed by atoms with Crippen LogP contribution in [0, 0.1) is 0 Å². The third-order valence-corrected chi connectivity index (χ3v) is 19.8. The van der Waals surface area contributed by atoms with E-state index in [0.717, 1.165) is 89.2 Å². The Labute approximate surface area is 658 Å². The summed E-state index contributed by atoms with van der Waals surface area (Å²) >= 11 is 3.86. The highest BCUT2D eigenvalue weighted by molar-refractivity contribution is 9.10. The summed E-state index contributed by atoms with van der Waals surface area (Å²) in [6.45, 7) is 21.1. The van der Waals surface area contributed by atoms with Crippen molar-refractivity contribution in [3.05, 3.63) is 194 Å². The number of rotatable bonds is 65. The summed E-state index contributed by atoms with van der Waals surface area (Å²) in [6, 6.07) is 45.1. The van der Waals surface area contributed by atoms with Crippen LogP contribution in [0.2, 0.25) is 0 Å². The summed E-state index contributed by atoms with van der Waals surface area (Å²) in [4.78, 5) is 0. The van der Waals surface area contributed by atoms with E-state index in [0.29, 0.717) is 211 Å². The van der Waals surface area contributed by atoms with Gasteiger partial charge in [-0.3, -0.25) is 0 Å². The van der Waals surface area contributed by atoms with Gasteiger partial charge in [0.05, 0.1) is 185 Å². The third-order valence-electron chi connectivity index (χ3n) is 19.3. The number of methoxy groups -OCH3 is 4. The van der Waals surface area contributed by atoms with Gasteiger partial charge in [0.25, 0.3) is 0 Å². The van der Waals surface area contributed by atoms with E-state index in [1.807, 2.05) is 6.08 Å². The summed E-state index contributed by atoms with van der Waals surface area (Å²) < 4.78 is 102. The van der Waals surface area contributed by atoms with Gasteiger partial charge < -0.3 is 85.3 Å². The Morgan fingerprint density at radius 2 is 0.431 bits per heavy atom. The van der Waals surface area contributed by atoms with Gasteiger partial charge in [-0.05, 0) is 147 Å². The molecule has 109 heavy (non-hydrogen) atoms. The minimum absolute atomic E-state index is 0.243. The number of fused-ring (bicyclic) bond motifs is 6. The molecule has 1 atom stereocenters. The van der Waals surface area contributed by atoms with Gasteiger partial charge in [-0.25, -0.2) is 0 Å². The normalized spacial score (nSPS) is 14.2. The topological polar surface area (TPSA) is 166 Å². The molecule has 596 valence electrons. The van der Waals surface area contributed by atoms with E-state index < -0.39 is 0 Å². The lowest BCUT2D eigenvalue weighted by molar-refractivity contribution is -0.0280. The first-order valence-electron chi connectivity index (χ1n) is 39.0. The fraction of sp³-hybridized carbons (Fsp3) is 0.511. The number of hydrogen-bond acceptors (Lipinski definition) is 18. The molecule has 0 amide bonds. The Morgan fingerprint density at radius 3 is 0.670 bits per heavy atom. The molecule has 8 rings (SSSR count). The fourth-order valence-corrected chi connectivity index (χ4v) is 14.1. The lowest BCUT2D eigenvalue weighted by Crippen LogP contribution is -2.27. The molecule has 0 bridgehead atoms. The Balaban J connectivity index is 0.783. The van der Waals surface area contributed by atoms with E-state index in [1.54, 1.807) is 28.4 Å². The molecule has 6 aromatic carbocycles. The van der Waals surface area contributed by atoms with E-state index in [2.05, 4.69) is 180 Å². The maximum Gasteiger partial charge on any atom is 0.0701 e. The minimum Gasteiger partial charge on any atom is -0.382 e. The maximum atomic E-state index is 6.23. The Kier molecular flexibility index (Phi) is 43.8. The second kappa shape index (κ2) is 53.9. The monoisotopic (exact) mass is 1570 g/mol. The quantitative estimate of drug-likeness (QED) is 0.0261. The van der Waals surface area contributed by atoms with Crippen molar-refractivity contribution in [2.24, 2.45) is 0 Å². The van der Waals surface area contributed by atoms with Crippen molar-refractivity contribution in [2.75, 3.05) is 240 Å². The van der Waals surface area contributed by atoms with Crippen molar-refractivity contribution in [1.29, 1.82) is 0 Å². The van der Waals surface area contributed by atoms with Gasteiger partial charge in [0, 0.05) is 70.2 Å². The first-order valence-corrected chi connectivity index (χ1v) is 39.8. The average Bonchev–Trinajstić information content (AvgIpc) is 1.58. The van der Waals surface area contributed by atoms with Crippen molar-refractivity contribution in [2.45, 2.75) is 62.2 Å². The molecule has 0 heterocycles. The van der Waals surface area contributed by atoms with Crippen molar-refractivity contribution in [3.8, 4) is 22.3 Å². The Morgan fingerprint density at radius 1 is 0.239 bits per heavy atom. The van der Waals surface area contributed by atoms with Crippen LogP contribution in [0.5, 0.6) is 0 Å². The van der Waals surface area contributed by atoms with Gasteiger partial charge in [-0.15, -0.1) is 0 Å². The van der Waals surface area contributed by atoms with E-state index >= 15 is 0 Å². The number of ether oxygens (including phenoxy) is 18. The smallest absolute Gasteiger partial charge is 0.0701 e. The molecule has 2 aliphatic carbocycles. The van der Waals surface area contributed by atoms with Crippen molar-refractivity contribution < 1.29 is 85.3 Å². The van der Waals surface area contributed by atoms with Crippen LogP contribution in [0.1, 0.15) is 113 Å². The molecule has 0 saturated carbocycles. The molecule has 18 nitrogen and oxygen atoms in total. The van der Waals surface area contributed by atoms with Gasteiger partial charge in [0.2, 0.25) is 0 Å². The first-order chi connectivity index (χ1) is 53.8. The molecule has 0 aromatic heterocycles. The number of halogens is 1. The molecular weight excluding hydrogens is 1450 g/mol. The van der Waals surface area contributed by atoms with Crippen LogP contribution in [0.4, 0.5) is 0 Å². The van der Waals surface area contributed by atoms with Crippen LogP contribution in [0.15, 0.2) is 132 Å². The van der Waals surface area contributed by atoms with E-state index in [9.17, 15) is 0 Å². The van der Waals surface area contributed by atoms with Crippen LogP contribution in [-0.4, -0.2) is 240 Å². The largest absolute Gasteiger partial charge is 0.382 e. The zero-order chi connectivity index (χ0) is 76.3. The lowest BCUT2D eigenvalue weighted by atomic mass is 9.71. The Hall–Kier alpha value is -5.96. The summed E-state index contributed by atoms with van der Waals surface area (Å²) in [6.07, 6.45) is 22.6. The predicted molar refractivity (Wildman–Crippen MR) is 439 cm³/mol. The molecule has 0 N–H and O–H groups in total. The van der Waals surface area contributed by atoms with Crippen molar-refractivity contribution in [3.63, 3.8) is 0 Å². The van der Waals surface area contributed by atoms with Crippen LogP contribution in [0.25, 0.3) is 64.8 Å². The van der Waals surface area contributed by atoms with E-state index in [-0.39, 0.29) is 10.8 Å². The molecular formula is C90H121BrO18. The first kappa shape index (κ1) is 88.6. The molecule has 6 aromatic rings. The van der Waals surface area contributed by atoms with Crippen molar-refractivity contribution in [1.82, 2.24) is 0 Å². The number of benzene rings is 6. The second-order valence-corrected chi connectivity index (χ2v) is 27.7. The molecule has 19 heteroatoms. The molecule has 0 spiro atoms. The fourth-order valence-electron chi connectivity index (χ4n) is 13.8.